The van der Waals surface area contributed by atoms with Crippen LogP contribution in [0.1, 0.15) is 44.1 Å². The van der Waals surface area contributed by atoms with Gasteiger partial charge >= 0.3 is 0 Å². The van der Waals surface area contributed by atoms with E-state index in [1.54, 1.807) is 16.8 Å². The average Bonchev–Trinajstić information content (AvgIpc) is 3.16. The molecule has 0 aliphatic carbocycles. The zero-order chi connectivity index (χ0) is 23.5. The zero-order valence-corrected chi connectivity index (χ0v) is 19.7. The molecule has 2 aromatic heterocycles. The molecule has 176 valence electrons. The molecule has 0 spiro atoms. The van der Waals surface area contributed by atoms with Gasteiger partial charge in [0.05, 0.1) is 16.8 Å². The fourth-order valence-corrected chi connectivity index (χ4v) is 4.33. The number of carbonyl (C=O) groups is 1. The third kappa shape index (κ3) is 4.68. The van der Waals surface area contributed by atoms with E-state index in [4.69, 9.17) is 19.8 Å². The van der Waals surface area contributed by atoms with Crippen molar-refractivity contribution in [1.29, 1.82) is 0 Å². The number of piperazine rings is 1. The summed E-state index contributed by atoms with van der Waals surface area (Å²) in [7, 11) is 1.53. The van der Waals surface area contributed by atoms with Gasteiger partial charge in [0, 0.05) is 39.2 Å². The highest BCUT2D eigenvalue weighted by atomic mass is 19.1. The minimum Gasteiger partial charge on any atom is -0.375 e. The van der Waals surface area contributed by atoms with Gasteiger partial charge in [-0.25, -0.2) is 19.0 Å². The lowest BCUT2D eigenvalue weighted by Crippen LogP contribution is -2.50. The number of aromatic nitrogens is 4. The van der Waals surface area contributed by atoms with Crippen molar-refractivity contribution >= 4 is 22.8 Å². The Morgan fingerprint density at radius 3 is 2.48 bits per heavy atom. The van der Waals surface area contributed by atoms with Gasteiger partial charge in [-0.3, -0.25) is 4.79 Å². The minimum absolute atomic E-state index is 0.00236. The average molecular weight is 455 g/mol. The Labute approximate surface area is 193 Å². The Morgan fingerprint density at radius 2 is 1.85 bits per heavy atom. The molecule has 3 heterocycles. The van der Waals surface area contributed by atoms with Crippen LogP contribution in [0.2, 0.25) is 0 Å². The minimum atomic E-state index is -0.291. The molecule has 33 heavy (non-hydrogen) atoms. The van der Waals surface area contributed by atoms with E-state index in [0.717, 1.165) is 46.9 Å². The van der Waals surface area contributed by atoms with E-state index in [-0.39, 0.29) is 24.2 Å². The van der Waals surface area contributed by atoms with Gasteiger partial charge in [-0.15, -0.1) is 0 Å². The predicted molar refractivity (Wildman–Crippen MR) is 125 cm³/mol. The van der Waals surface area contributed by atoms with Crippen LogP contribution in [-0.2, 0) is 9.53 Å². The predicted octanol–water partition coefficient (Wildman–Crippen LogP) is 3.46. The number of rotatable bonds is 7. The van der Waals surface area contributed by atoms with Crippen LogP contribution in [0.25, 0.3) is 16.7 Å². The maximum absolute atomic E-state index is 13.5. The number of ether oxygens (including phenoxy) is 1. The molecular weight excluding hydrogens is 423 g/mol. The van der Waals surface area contributed by atoms with Crippen LogP contribution in [0.4, 0.5) is 10.2 Å². The normalized spacial score (nSPS) is 15.3. The molecular formula is C24H31FN6O2. The van der Waals surface area contributed by atoms with Crippen molar-refractivity contribution in [3.05, 3.63) is 41.6 Å². The summed E-state index contributed by atoms with van der Waals surface area (Å²) in [5, 5.41) is 5.64. The van der Waals surface area contributed by atoms with Crippen molar-refractivity contribution < 1.29 is 13.9 Å². The first-order valence-corrected chi connectivity index (χ1v) is 11.5. The third-order valence-electron chi connectivity index (χ3n) is 6.13. The number of nitrogens with zero attached hydrogens (tertiary/aromatic N) is 6. The lowest BCUT2D eigenvalue weighted by atomic mass is 10.1. The number of carbonyl (C=O) groups excluding carboxylic acids is 1. The van der Waals surface area contributed by atoms with Crippen LogP contribution in [0.5, 0.6) is 0 Å². The molecule has 0 saturated carbocycles. The molecule has 0 N–H and O–H groups in total. The second kappa shape index (κ2) is 9.82. The summed E-state index contributed by atoms with van der Waals surface area (Å²) in [5.74, 6) is 1.53. The Bertz CT molecular complexity index is 1120. The lowest BCUT2D eigenvalue weighted by Gasteiger charge is -2.35. The summed E-state index contributed by atoms with van der Waals surface area (Å²) in [6.45, 7) is 8.90. The third-order valence-corrected chi connectivity index (χ3v) is 6.13. The van der Waals surface area contributed by atoms with Gasteiger partial charge in [-0.1, -0.05) is 20.3 Å². The number of aryl methyl sites for hydroxylation is 1. The summed E-state index contributed by atoms with van der Waals surface area (Å²) >= 11 is 0. The smallest absolute Gasteiger partial charge is 0.248 e. The highest BCUT2D eigenvalue weighted by molar-refractivity contribution is 5.91. The molecule has 4 rings (SSSR count). The van der Waals surface area contributed by atoms with Crippen LogP contribution in [0.15, 0.2) is 24.3 Å². The highest BCUT2D eigenvalue weighted by Crippen LogP contribution is 2.32. The van der Waals surface area contributed by atoms with Gasteiger partial charge in [0.1, 0.15) is 24.1 Å². The van der Waals surface area contributed by atoms with Crippen molar-refractivity contribution in [3.8, 4) is 5.69 Å². The molecule has 1 aromatic carbocycles. The Morgan fingerprint density at radius 1 is 1.15 bits per heavy atom. The number of anilines is 1. The molecule has 1 saturated heterocycles. The number of amides is 1. The molecule has 8 nitrogen and oxygen atoms in total. The first kappa shape index (κ1) is 23.1. The van der Waals surface area contributed by atoms with Crippen molar-refractivity contribution in [3.63, 3.8) is 0 Å². The molecule has 1 aliphatic rings. The number of benzene rings is 1. The van der Waals surface area contributed by atoms with Crippen molar-refractivity contribution in [1.82, 2.24) is 24.6 Å². The van der Waals surface area contributed by atoms with Crippen LogP contribution in [0.3, 0.4) is 0 Å². The standard InChI is InChI=1S/C24H31FN6O2/c1-5-6-16(2)22-26-23(30-13-11-29(12-14-30)20(32)15-33-4)21-17(3)28-31(24(21)27-22)19-9-7-18(25)8-10-19/h7-10,16H,5-6,11-15H2,1-4H3. The number of methoxy groups -OCH3 is 1. The van der Waals surface area contributed by atoms with Crippen LogP contribution in [0, 0.1) is 12.7 Å². The summed E-state index contributed by atoms with van der Waals surface area (Å²) in [6.07, 6.45) is 2.02. The molecule has 3 aromatic rings. The van der Waals surface area contributed by atoms with E-state index in [1.807, 2.05) is 11.8 Å². The summed E-state index contributed by atoms with van der Waals surface area (Å²) < 4.78 is 20.3. The zero-order valence-electron chi connectivity index (χ0n) is 19.7. The Balaban J connectivity index is 1.77. The highest BCUT2D eigenvalue weighted by Gasteiger charge is 2.27. The number of halogens is 1. The van der Waals surface area contributed by atoms with Gasteiger partial charge in [0.2, 0.25) is 5.91 Å². The summed E-state index contributed by atoms with van der Waals surface area (Å²) in [6, 6.07) is 6.27. The second-order valence-electron chi connectivity index (χ2n) is 8.57. The van der Waals surface area contributed by atoms with Gasteiger partial charge in [0.25, 0.3) is 0 Å². The van der Waals surface area contributed by atoms with Crippen molar-refractivity contribution in [2.75, 3.05) is 44.8 Å². The topological polar surface area (TPSA) is 76.4 Å². The fourth-order valence-electron chi connectivity index (χ4n) is 4.33. The SMILES string of the molecule is CCCC(C)c1nc(N2CCN(C(=O)COC)CC2)c2c(C)nn(-c3ccc(F)cc3)c2n1. The first-order chi connectivity index (χ1) is 15.9. The van der Waals surface area contributed by atoms with Crippen molar-refractivity contribution in [2.45, 2.75) is 39.5 Å². The van der Waals surface area contributed by atoms with E-state index < -0.39 is 0 Å². The molecule has 1 atom stereocenters. The summed E-state index contributed by atoms with van der Waals surface area (Å²) in [5.41, 5.74) is 2.29. The van der Waals surface area contributed by atoms with Gasteiger partial charge < -0.3 is 14.5 Å². The van der Waals surface area contributed by atoms with E-state index >= 15 is 0 Å². The van der Waals surface area contributed by atoms with Gasteiger partial charge in [-0.05, 0) is 37.6 Å². The first-order valence-electron chi connectivity index (χ1n) is 11.5. The van der Waals surface area contributed by atoms with Crippen LogP contribution in [-0.4, -0.2) is 70.5 Å². The lowest BCUT2D eigenvalue weighted by molar-refractivity contribution is -0.135. The number of hydrogen-bond acceptors (Lipinski definition) is 6. The molecule has 1 amide bonds. The maximum Gasteiger partial charge on any atom is 0.248 e. The maximum atomic E-state index is 13.5. The van der Waals surface area contributed by atoms with Gasteiger partial charge in [-0.2, -0.15) is 5.10 Å². The van der Waals surface area contributed by atoms with Gasteiger partial charge in [0.15, 0.2) is 5.65 Å². The van der Waals surface area contributed by atoms with E-state index in [2.05, 4.69) is 18.7 Å². The van der Waals surface area contributed by atoms with E-state index in [0.29, 0.717) is 26.2 Å². The number of hydrogen-bond donors (Lipinski definition) is 0. The monoisotopic (exact) mass is 454 g/mol. The molecule has 1 fully saturated rings. The quantitative estimate of drug-likeness (QED) is 0.544. The summed E-state index contributed by atoms with van der Waals surface area (Å²) in [4.78, 5) is 26.2. The van der Waals surface area contributed by atoms with E-state index in [9.17, 15) is 9.18 Å². The Hall–Kier alpha value is -3.07. The van der Waals surface area contributed by atoms with Crippen molar-refractivity contribution in [2.24, 2.45) is 0 Å². The largest absolute Gasteiger partial charge is 0.375 e. The molecule has 1 aliphatic heterocycles. The molecule has 9 heteroatoms. The molecule has 0 bridgehead atoms. The molecule has 1 unspecified atom stereocenters. The van der Waals surface area contributed by atoms with E-state index in [1.165, 1.54) is 19.2 Å². The Kier molecular flexibility index (Phi) is 6.88. The number of fused-ring (bicyclic) bond motifs is 1. The molecule has 0 radical (unpaired) electrons. The van der Waals surface area contributed by atoms with Crippen LogP contribution >= 0.6 is 0 Å². The fraction of sp³-hybridized carbons (Fsp3) is 0.500. The van der Waals surface area contributed by atoms with Crippen LogP contribution < -0.4 is 4.90 Å². The second-order valence-corrected chi connectivity index (χ2v) is 8.57.